The molecular weight excluding hydrogens is 440 g/mol. The first kappa shape index (κ1) is 24.3. The molecule has 190 valence electrons. The van der Waals surface area contributed by atoms with Crippen LogP contribution in [0.15, 0.2) is 24.3 Å². The number of fused-ring (bicyclic) bond motifs is 4. The predicted molar refractivity (Wildman–Crippen MR) is 138 cm³/mol. The number of benzene rings is 2. The van der Waals surface area contributed by atoms with Crippen molar-refractivity contribution in [2.24, 2.45) is 11.8 Å². The van der Waals surface area contributed by atoms with Crippen LogP contribution in [-0.2, 0) is 12.8 Å². The van der Waals surface area contributed by atoms with E-state index in [2.05, 4.69) is 41.4 Å². The van der Waals surface area contributed by atoms with Gasteiger partial charge in [-0.3, -0.25) is 4.90 Å². The summed E-state index contributed by atoms with van der Waals surface area (Å²) in [7, 11) is 6.90. The second kappa shape index (κ2) is 10.3. The standard InChI is InChI=1S/C29H40N2O4/c1-6-18-17-31-10-8-20-14-27(33-3)29(35-5)16-23(20)25(31)12-21(18)11-24-22-15-28(34-4)26(32-2)13-19(22)7-9-30-24/h13-16,18,21,24-25,30H,6-12,17H2,1-5H3/t18-,21+,24-,25-/m0/s1. The van der Waals surface area contributed by atoms with Crippen LogP contribution in [0.3, 0.4) is 0 Å². The summed E-state index contributed by atoms with van der Waals surface area (Å²) in [4.78, 5) is 2.72. The van der Waals surface area contributed by atoms with E-state index in [0.29, 0.717) is 23.9 Å². The molecule has 0 amide bonds. The molecule has 0 aliphatic carbocycles. The van der Waals surface area contributed by atoms with Crippen molar-refractivity contribution < 1.29 is 18.9 Å². The van der Waals surface area contributed by atoms with Crippen LogP contribution < -0.4 is 24.3 Å². The lowest BCUT2D eigenvalue weighted by molar-refractivity contribution is 0.0434. The maximum absolute atomic E-state index is 5.68. The fourth-order valence-corrected chi connectivity index (χ4v) is 6.74. The van der Waals surface area contributed by atoms with Gasteiger partial charge in [0.25, 0.3) is 0 Å². The van der Waals surface area contributed by atoms with E-state index in [0.717, 1.165) is 55.4 Å². The molecule has 0 radical (unpaired) electrons. The summed E-state index contributed by atoms with van der Waals surface area (Å²) in [6.07, 6.45) is 5.65. The summed E-state index contributed by atoms with van der Waals surface area (Å²) in [5, 5.41) is 3.83. The average molecular weight is 481 g/mol. The SMILES string of the molecule is CC[C@H]1CN2CCc3cc(OC)c(OC)cc3[C@@H]2C[C@H]1C[C@@H]1NCCc2cc(OC)c(OC)cc21. The summed E-state index contributed by atoms with van der Waals surface area (Å²) in [5.41, 5.74) is 5.60. The van der Waals surface area contributed by atoms with Crippen molar-refractivity contribution in [1.82, 2.24) is 10.2 Å². The van der Waals surface area contributed by atoms with Crippen molar-refractivity contribution in [3.63, 3.8) is 0 Å². The van der Waals surface area contributed by atoms with E-state index >= 15 is 0 Å². The Balaban J connectivity index is 1.43. The minimum absolute atomic E-state index is 0.345. The second-order valence-corrected chi connectivity index (χ2v) is 10.2. The predicted octanol–water partition coefficient (Wildman–Crippen LogP) is 4.94. The number of piperidine rings is 1. The lowest BCUT2D eigenvalue weighted by Crippen LogP contribution is -2.46. The number of methoxy groups -OCH3 is 4. The van der Waals surface area contributed by atoms with Crippen LogP contribution in [0.1, 0.15) is 60.5 Å². The Bertz CT molecular complexity index is 1050. The molecule has 35 heavy (non-hydrogen) atoms. The fourth-order valence-electron chi connectivity index (χ4n) is 6.74. The lowest BCUT2D eigenvalue weighted by Gasteiger charge is -2.48. The van der Waals surface area contributed by atoms with E-state index < -0.39 is 0 Å². The van der Waals surface area contributed by atoms with Crippen molar-refractivity contribution in [2.75, 3.05) is 48.1 Å². The van der Waals surface area contributed by atoms with Gasteiger partial charge in [0.15, 0.2) is 23.0 Å². The van der Waals surface area contributed by atoms with Crippen LogP contribution in [-0.4, -0.2) is 53.0 Å². The first-order valence-electron chi connectivity index (χ1n) is 13.1. The maximum atomic E-state index is 5.68. The van der Waals surface area contributed by atoms with Gasteiger partial charge in [0.05, 0.1) is 28.4 Å². The molecule has 2 aromatic carbocycles. The highest BCUT2D eigenvalue weighted by Crippen LogP contribution is 2.48. The molecule has 0 aromatic heterocycles. The van der Waals surface area contributed by atoms with Crippen molar-refractivity contribution >= 4 is 0 Å². The van der Waals surface area contributed by atoms with Gasteiger partial charge in [-0.15, -0.1) is 0 Å². The van der Waals surface area contributed by atoms with Crippen LogP contribution in [0.2, 0.25) is 0 Å². The minimum Gasteiger partial charge on any atom is -0.493 e. The molecule has 0 saturated carbocycles. The summed E-state index contributed by atoms with van der Waals surface area (Å²) < 4.78 is 22.5. The third-order valence-electron chi connectivity index (χ3n) is 8.64. The van der Waals surface area contributed by atoms with Crippen molar-refractivity contribution in [2.45, 2.75) is 51.1 Å². The molecule has 1 fully saturated rings. The van der Waals surface area contributed by atoms with Gasteiger partial charge in [0.1, 0.15) is 0 Å². The molecule has 1 saturated heterocycles. The largest absolute Gasteiger partial charge is 0.493 e. The summed E-state index contributed by atoms with van der Waals surface area (Å²) >= 11 is 0. The van der Waals surface area contributed by atoms with Gasteiger partial charge in [0.2, 0.25) is 0 Å². The normalized spacial score (nSPS) is 25.7. The highest BCUT2D eigenvalue weighted by atomic mass is 16.5. The Kier molecular flexibility index (Phi) is 7.12. The van der Waals surface area contributed by atoms with Crippen LogP contribution in [0.25, 0.3) is 0 Å². The van der Waals surface area contributed by atoms with Crippen LogP contribution in [0.4, 0.5) is 0 Å². The Morgan fingerprint density at radius 3 is 2.03 bits per heavy atom. The maximum Gasteiger partial charge on any atom is 0.161 e. The van der Waals surface area contributed by atoms with E-state index in [1.54, 1.807) is 28.4 Å². The van der Waals surface area contributed by atoms with Gasteiger partial charge in [-0.25, -0.2) is 0 Å². The average Bonchev–Trinajstić information content (AvgIpc) is 2.91. The zero-order valence-electron chi connectivity index (χ0n) is 21.9. The summed E-state index contributed by atoms with van der Waals surface area (Å²) in [6.45, 7) is 5.66. The minimum atomic E-state index is 0.345. The molecule has 1 N–H and O–H groups in total. The quantitative estimate of drug-likeness (QED) is 0.606. The first-order valence-corrected chi connectivity index (χ1v) is 13.1. The van der Waals surface area contributed by atoms with E-state index in [1.807, 2.05) is 0 Å². The lowest BCUT2D eigenvalue weighted by atomic mass is 9.72. The number of ether oxygens (including phenoxy) is 4. The van der Waals surface area contributed by atoms with Gasteiger partial charge in [-0.1, -0.05) is 13.3 Å². The molecule has 4 atom stereocenters. The topological polar surface area (TPSA) is 52.2 Å². The number of nitrogens with zero attached hydrogens (tertiary/aromatic N) is 1. The monoisotopic (exact) mass is 480 g/mol. The highest BCUT2D eigenvalue weighted by Gasteiger charge is 2.40. The molecule has 0 unspecified atom stereocenters. The molecule has 3 aliphatic heterocycles. The summed E-state index contributed by atoms with van der Waals surface area (Å²) in [6, 6.07) is 9.61. The molecule has 6 nitrogen and oxygen atoms in total. The van der Waals surface area contributed by atoms with Crippen LogP contribution >= 0.6 is 0 Å². The fraction of sp³-hybridized carbons (Fsp3) is 0.586. The third-order valence-corrected chi connectivity index (χ3v) is 8.64. The van der Waals surface area contributed by atoms with E-state index in [4.69, 9.17) is 18.9 Å². The molecule has 2 aromatic rings. The van der Waals surface area contributed by atoms with Crippen molar-refractivity contribution in [1.29, 1.82) is 0 Å². The molecule has 5 rings (SSSR count). The van der Waals surface area contributed by atoms with E-state index in [9.17, 15) is 0 Å². The van der Waals surface area contributed by atoms with Crippen LogP contribution in [0.5, 0.6) is 23.0 Å². The van der Waals surface area contributed by atoms with Gasteiger partial charge in [-0.2, -0.15) is 0 Å². The van der Waals surface area contributed by atoms with Gasteiger partial charge in [0, 0.05) is 25.2 Å². The number of hydrogen-bond donors (Lipinski definition) is 1. The van der Waals surface area contributed by atoms with Gasteiger partial charge >= 0.3 is 0 Å². The van der Waals surface area contributed by atoms with Crippen molar-refractivity contribution in [3.05, 3.63) is 46.5 Å². The number of nitrogens with one attached hydrogen (secondary N) is 1. The van der Waals surface area contributed by atoms with Gasteiger partial charge in [-0.05, 0) is 90.6 Å². The molecule has 3 heterocycles. The molecular formula is C29H40N2O4. The zero-order chi connectivity index (χ0) is 24.5. The third kappa shape index (κ3) is 4.47. The van der Waals surface area contributed by atoms with E-state index in [-0.39, 0.29) is 0 Å². The smallest absolute Gasteiger partial charge is 0.161 e. The second-order valence-electron chi connectivity index (χ2n) is 10.2. The highest BCUT2D eigenvalue weighted by molar-refractivity contribution is 5.50. The Labute approximate surface area is 209 Å². The Hall–Kier alpha value is -2.44. The van der Waals surface area contributed by atoms with Gasteiger partial charge < -0.3 is 24.3 Å². The van der Waals surface area contributed by atoms with E-state index in [1.165, 1.54) is 41.6 Å². The van der Waals surface area contributed by atoms with Crippen LogP contribution in [0, 0.1) is 11.8 Å². The van der Waals surface area contributed by atoms with Crippen molar-refractivity contribution in [3.8, 4) is 23.0 Å². The number of hydrogen-bond acceptors (Lipinski definition) is 6. The zero-order valence-corrected chi connectivity index (χ0v) is 21.9. The Morgan fingerprint density at radius 2 is 1.40 bits per heavy atom. The Morgan fingerprint density at radius 1 is 0.800 bits per heavy atom. The summed E-state index contributed by atoms with van der Waals surface area (Å²) in [5.74, 6) is 4.69. The molecule has 0 spiro atoms. The molecule has 6 heteroatoms. The number of rotatable bonds is 7. The molecule has 0 bridgehead atoms. The first-order chi connectivity index (χ1) is 17.1. The molecule has 3 aliphatic rings.